The molecule has 0 aliphatic carbocycles. The topological polar surface area (TPSA) is 38.7 Å². The van der Waals surface area contributed by atoms with Gasteiger partial charge in [0.2, 0.25) is 0 Å². The van der Waals surface area contributed by atoms with Crippen molar-refractivity contribution in [1.29, 1.82) is 0 Å². The summed E-state index contributed by atoms with van der Waals surface area (Å²) in [5.74, 6) is 5.84. The van der Waals surface area contributed by atoms with Gasteiger partial charge in [-0.25, -0.2) is 0 Å². The summed E-state index contributed by atoms with van der Waals surface area (Å²) in [6.07, 6.45) is 0. The average Bonchev–Trinajstić information content (AvgIpc) is 1.30. The first-order valence-corrected chi connectivity index (χ1v) is 9.22. The molecule has 0 radical (unpaired) electrons. The summed E-state index contributed by atoms with van der Waals surface area (Å²) in [6, 6.07) is 0. The molecular weight excluding hydrogens is 155 g/mol. The van der Waals surface area contributed by atoms with Crippen molar-refractivity contribution >= 4 is 13.6 Å². The van der Waals surface area contributed by atoms with Crippen molar-refractivity contribution in [3.8, 4) is 0 Å². The normalized spacial score (nSPS) is 10.7. The van der Waals surface area contributed by atoms with E-state index in [2.05, 4.69) is 9.20 Å². The minimum atomic E-state index is -2.06. The standard InChI is InChI=1S/C3H9GeNO2/c1-4(2,3)7-5-6/h1-3H3. The van der Waals surface area contributed by atoms with Crippen molar-refractivity contribution < 1.29 is 3.86 Å². The number of nitrogens with zero attached hydrogens (tertiary/aromatic N) is 1. The molecule has 0 fully saturated rings. The molecule has 0 saturated heterocycles. The summed E-state index contributed by atoms with van der Waals surface area (Å²) in [6.45, 7) is 0. The van der Waals surface area contributed by atoms with E-state index >= 15 is 0 Å². The molecule has 0 aromatic rings. The van der Waals surface area contributed by atoms with Crippen LogP contribution in [0.4, 0.5) is 0 Å². The van der Waals surface area contributed by atoms with Gasteiger partial charge in [-0.1, -0.05) is 0 Å². The van der Waals surface area contributed by atoms with Crippen LogP contribution in [-0.2, 0) is 3.86 Å². The molecule has 0 unspecified atom stereocenters. The van der Waals surface area contributed by atoms with Gasteiger partial charge in [-0.3, -0.25) is 0 Å². The molecule has 0 heterocycles. The van der Waals surface area contributed by atoms with Crippen LogP contribution in [-0.4, -0.2) is 13.6 Å². The fourth-order valence-electron chi connectivity index (χ4n) is 0.112. The van der Waals surface area contributed by atoms with Crippen LogP contribution in [0, 0.1) is 4.91 Å². The second kappa shape index (κ2) is 2.30. The van der Waals surface area contributed by atoms with Gasteiger partial charge in [0.05, 0.1) is 0 Å². The van der Waals surface area contributed by atoms with Crippen molar-refractivity contribution in [1.82, 2.24) is 0 Å². The zero-order valence-corrected chi connectivity index (χ0v) is 6.86. The molecule has 0 amide bonds. The summed E-state index contributed by atoms with van der Waals surface area (Å²) in [5.41, 5.74) is 0. The summed E-state index contributed by atoms with van der Waals surface area (Å²) in [4.78, 5) is 9.40. The third-order valence-electron chi connectivity index (χ3n) is 0.311. The van der Waals surface area contributed by atoms with Gasteiger partial charge < -0.3 is 0 Å². The van der Waals surface area contributed by atoms with Gasteiger partial charge in [0.15, 0.2) is 0 Å². The van der Waals surface area contributed by atoms with Crippen molar-refractivity contribution in [3.63, 3.8) is 0 Å². The van der Waals surface area contributed by atoms with Gasteiger partial charge >= 0.3 is 45.0 Å². The van der Waals surface area contributed by atoms with Crippen LogP contribution in [0.15, 0.2) is 5.34 Å². The van der Waals surface area contributed by atoms with Gasteiger partial charge in [-0.2, -0.15) is 0 Å². The van der Waals surface area contributed by atoms with Crippen molar-refractivity contribution in [2.45, 2.75) is 17.3 Å². The van der Waals surface area contributed by atoms with E-state index < -0.39 is 13.6 Å². The van der Waals surface area contributed by atoms with E-state index in [1.54, 1.807) is 0 Å². The molecule has 0 N–H and O–H groups in total. The fourth-order valence-corrected chi connectivity index (χ4v) is 0.581. The van der Waals surface area contributed by atoms with Crippen LogP contribution in [0.3, 0.4) is 0 Å². The molecular formula is C3H9GeNO2. The average molecular weight is 164 g/mol. The second-order valence-corrected chi connectivity index (χ2v) is 11.5. The molecule has 0 saturated carbocycles. The molecule has 0 bridgehead atoms. The van der Waals surface area contributed by atoms with Gasteiger partial charge in [0.1, 0.15) is 0 Å². The minimum absolute atomic E-state index is 1.95. The van der Waals surface area contributed by atoms with Gasteiger partial charge in [-0.15, -0.1) is 0 Å². The first-order valence-electron chi connectivity index (χ1n) is 2.07. The molecule has 42 valence electrons. The fraction of sp³-hybridized carbons (Fsp3) is 1.00. The van der Waals surface area contributed by atoms with E-state index in [0.717, 1.165) is 0 Å². The van der Waals surface area contributed by atoms with Crippen molar-refractivity contribution in [3.05, 3.63) is 4.91 Å². The summed E-state index contributed by atoms with van der Waals surface area (Å²) in [7, 11) is 0. The molecule has 0 aromatic carbocycles. The van der Waals surface area contributed by atoms with Gasteiger partial charge in [0.25, 0.3) is 0 Å². The third kappa shape index (κ3) is 5.94. The Morgan fingerprint density at radius 3 is 1.86 bits per heavy atom. The predicted octanol–water partition coefficient (Wildman–Crippen LogP) is 1.52. The number of hydrogen-bond acceptors (Lipinski definition) is 3. The van der Waals surface area contributed by atoms with Crippen LogP contribution >= 0.6 is 0 Å². The molecule has 0 aliphatic rings. The second-order valence-electron chi connectivity index (χ2n) is 2.28. The van der Waals surface area contributed by atoms with Crippen LogP contribution in [0.25, 0.3) is 0 Å². The molecule has 0 spiro atoms. The van der Waals surface area contributed by atoms with E-state index in [0.29, 0.717) is 0 Å². The number of rotatable bonds is 2. The summed E-state index contributed by atoms with van der Waals surface area (Å²) in [5, 5.41) is 2.34. The zero-order valence-electron chi connectivity index (χ0n) is 4.76. The zero-order chi connectivity index (χ0) is 5.91. The van der Waals surface area contributed by atoms with E-state index in [9.17, 15) is 4.91 Å². The SMILES string of the molecule is [CH3][Ge]([CH3])([CH3])[O]N=O. The van der Waals surface area contributed by atoms with Gasteiger partial charge in [-0.05, 0) is 0 Å². The Morgan fingerprint density at radius 2 is 1.86 bits per heavy atom. The molecule has 0 atom stereocenters. The van der Waals surface area contributed by atoms with E-state index in [4.69, 9.17) is 0 Å². The van der Waals surface area contributed by atoms with Crippen LogP contribution < -0.4 is 0 Å². The van der Waals surface area contributed by atoms with E-state index in [1.165, 1.54) is 0 Å². The Balaban J connectivity index is 3.34. The summed E-state index contributed by atoms with van der Waals surface area (Å²) < 4.78 is 4.49. The third-order valence-corrected chi connectivity index (χ3v) is 1.62. The quantitative estimate of drug-likeness (QED) is 0.352. The van der Waals surface area contributed by atoms with Crippen molar-refractivity contribution in [2.75, 3.05) is 0 Å². The maximum absolute atomic E-state index is 9.40. The first kappa shape index (κ1) is 6.94. The number of hydrogen-bond donors (Lipinski definition) is 0. The molecule has 4 heteroatoms. The summed E-state index contributed by atoms with van der Waals surface area (Å²) >= 11 is -2.06. The van der Waals surface area contributed by atoms with Crippen LogP contribution in [0.5, 0.6) is 0 Å². The molecule has 0 aromatic heterocycles. The Bertz CT molecular complexity index is 67.8. The maximum atomic E-state index is 9.40. The van der Waals surface area contributed by atoms with Crippen molar-refractivity contribution in [2.24, 2.45) is 5.34 Å². The Kier molecular flexibility index (Phi) is 2.28. The Morgan fingerprint density at radius 1 is 1.43 bits per heavy atom. The monoisotopic (exact) mass is 165 g/mol. The van der Waals surface area contributed by atoms with Gasteiger partial charge in [0, 0.05) is 0 Å². The Hall–Kier alpha value is -0.0571. The molecule has 0 rings (SSSR count). The molecule has 7 heavy (non-hydrogen) atoms. The Labute approximate surface area is 45.7 Å². The van der Waals surface area contributed by atoms with E-state index in [-0.39, 0.29) is 0 Å². The van der Waals surface area contributed by atoms with Crippen LogP contribution in [0.2, 0.25) is 17.3 Å². The van der Waals surface area contributed by atoms with Crippen LogP contribution in [0.1, 0.15) is 0 Å². The van der Waals surface area contributed by atoms with E-state index in [1.807, 2.05) is 17.3 Å². The molecule has 0 aliphatic heterocycles. The first-order chi connectivity index (χ1) is 3.06. The molecule has 3 nitrogen and oxygen atoms in total. The predicted molar refractivity (Wildman–Crippen MR) is 30.2 cm³/mol.